The molecule has 0 unspecified atom stereocenters. The van der Waals surface area contributed by atoms with Gasteiger partial charge in [0, 0.05) is 0 Å². The van der Waals surface area contributed by atoms with Crippen molar-refractivity contribution in [3.8, 4) is 5.75 Å². The van der Waals surface area contributed by atoms with Gasteiger partial charge in [-0.2, -0.15) is 0 Å². The van der Waals surface area contributed by atoms with E-state index in [-0.39, 0.29) is 0 Å². The molecule has 4 rings (SSSR count). The number of hydrogen-bond acceptors (Lipinski definition) is 2. The molecule has 0 bridgehead atoms. The summed E-state index contributed by atoms with van der Waals surface area (Å²) in [5.41, 5.74) is 2.82. The number of halogens is 1. The lowest BCUT2D eigenvalue weighted by Crippen LogP contribution is -2.42. The van der Waals surface area contributed by atoms with Crippen LogP contribution in [-0.2, 0) is 4.74 Å². The maximum atomic E-state index is 5.77. The van der Waals surface area contributed by atoms with Crippen molar-refractivity contribution in [2.75, 3.05) is 20.3 Å². The second-order valence-electron chi connectivity index (χ2n) is 6.22. The second-order valence-corrected chi connectivity index (χ2v) is 7.08. The maximum absolute atomic E-state index is 5.77. The number of hydrogen-bond donors (Lipinski definition) is 0. The number of benzene rings is 2. The molecule has 2 fully saturated rings. The normalized spacial score (nSPS) is 29.7. The van der Waals surface area contributed by atoms with Crippen LogP contribution in [0, 0.1) is 11.8 Å². The summed E-state index contributed by atoms with van der Waals surface area (Å²) in [5.74, 6) is 3.29. The summed E-state index contributed by atoms with van der Waals surface area (Å²) in [5, 5.41) is 0. The Morgan fingerprint density at radius 2 is 1.64 bits per heavy atom. The molecule has 1 saturated carbocycles. The van der Waals surface area contributed by atoms with Crippen molar-refractivity contribution in [1.82, 2.24) is 0 Å². The molecule has 2 aliphatic rings. The van der Waals surface area contributed by atoms with Gasteiger partial charge in [-0.15, -0.1) is 0 Å². The van der Waals surface area contributed by atoms with Crippen molar-refractivity contribution in [2.45, 2.75) is 11.8 Å². The lowest BCUT2D eigenvalue weighted by molar-refractivity contribution is 0.142. The van der Waals surface area contributed by atoms with Gasteiger partial charge in [-0.25, -0.2) is 0 Å². The third kappa shape index (κ3) is 2.19. The number of ether oxygens (including phenoxy) is 2. The van der Waals surface area contributed by atoms with Crippen LogP contribution in [0.25, 0.3) is 0 Å². The van der Waals surface area contributed by atoms with Crippen LogP contribution in [0.3, 0.4) is 0 Å². The van der Waals surface area contributed by atoms with Crippen LogP contribution < -0.4 is 4.74 Å². The summed E-state index contributed by atoms with van der Waals surface area (Å²) in [4.78, 5) is 0. The average molecular weight is 359 g/mol. The second kappa shape index (κ2) is 5.71. The van der Waals surface area contributed by atoms with E-state index in [0.29, 0.717) is 23.7 Å². The molecule has 0 radical (unpaired) electrons. The average Bonchev–Trinajstić information content (AvgIpc) is 2.92. The van der Waals surface area contributed by atoms with Gasteiger partial charge in [0.1, 0.15) is 5.75 Å². The minimum Gasteiger partial charge on any atom is -0.496 e. The van der Waals surface area contributed by atoms with E-state index in [1.807, 2.05) is 0 Å². The zero-order valence-electron chi connectivity index (χ0n) is 12.5. The summed E-state index contributed by atoms with van der Waals surface area (Å²) >= 11 is 3.62. The first-order chi connectivity index (χ1) is 10.8. The van der Waals surface area contributed by atoms with Crippen molar-refractivity contribution in [1.29, 1.82) is 0 Å². The van der Waals surface area contributed by atoms with Gasteiger partial charge in [-0.05, 0) is 62.9 Å². The third-order valence-corrected chi connectivity index (χ3v) is 5.84. The van der Waals surface area contributed by atoms with E-state index in [1.54, 1.807) is 7.11 Å². The highest BCUT2D eigenvalue weighted by Crippen LogP contribution is 2.60. The Morgan fingerprint density at radius 3 is 2.27 bits per heavy atom. The van der Waals surface area contributed by atoms with E-state index < -0.39 is 0 Å². The van der Waals surface area contributed by atoms with Gasteiger partial charge in [0.25, 0.3) is 0 Å². The number of methoxy groups -OCH3 is 1. The standard InChI is InChI=1S/C19H19BrO2/c1-21-17-8-7-13(9-16(17)20)19-15-11-22-10-14(15)18(19)12-5-3-2-4-6-12/h2-9,14-15,18-19H,10-11H2,1H3/t14-,15+,18+,19-/m1/s1. The third-order valence-electron chi connectivity index (χ3n) is 5.23. The molecule has 1 aliphatic heterocycles. The fourth-order valence-corrected chi connectivity index (χ4v) is 4.75. The molecule has 0 amide bonds. The van der Waals surface area contributed by atoms with Crippen LogP contribution in [0.2, 0.25) is 0 Å². The van der Waals surface area contributed by atoms with Crippen molar-refractivity contribution in [3.05, 3.63) is 64.1 Å². The minimum absolute atomic E-state index is 0.539. The fraction of sp³-hybridized carbons (Fsp3) is 0.368. The molecule has 1 aliphatic carbocycles. The topological polar surface area (TPSA) is 18.5 Å². The monoisotopic (exact) mass is 358 g/mol. The van der Waals surface area contributed by atoms with E-state index in [4.69, 9.17) is 9.47 Å². The van der Waals surface area contributed by atoms with Crippen LogP contribution >= 0.6 is 15.9 Å². The van der Waals surface area contributed by atoms with Gasteiger partial charge in [0.05, 0.1) is 24.8 Å². The van der Waals surface area contributed by atoms with Crippen LogP contribution in [0.5, 0.6) is 5.75 Å². The molecule has 0 N–H and O–H groups in total. The molecule has 22 heavy (non-hydrogen) atoms. The predicted octanol–water partition coefficient (Wildman–Crippen LogP) is 4.60. The lowest BCUT2D eigenvalue weighted by atomic mass is 9.54. The first-order valence-corrected chi connectivity index (χ1v) is 8.55. The molecule has 0 aromatic heterocycles. The molecular weight excluding hydrogens is 340 g/mol. The molecule has 3 heteroatoms. The highest BCUT2D eigenvalue weighted by Gasteiger charge is 2.54. The van der Waals surface area contributed by atoms with Gasteiger partial charge in [-0.1, -0.05) is 36.4 Å². The first-order valence-electron chi connectivity index (χ1n) is 7.75. The van der Waals surface area contributed by atoms with Crippen molar-refractivity contribution < 1.29 is 9.47 Å². The summed E-state index contributed by atoms with van der Waals surface area (Å²) in [7, 11) is 1.71. The molecule has 4 atom stereocenters. The largest absolute Gasteiger partial charge is 0.496 e. The van der Waals surface area contributed by atoms with Crippen molar-refractivity contribution >= 4 is 15.9 Å². The van der Waals surface area contributed by atoms with Gasteiger partial charge >= 0.3 is 0 Å². The maximum Gasteiger partial charge on any atom is 0.133 e. The van der Waals surface area contributed by atoms with Gasteiger partial charge in [0.15, 0.2) is 0 Å². The Bertz CT molecular complexity index is 670. The van der Waals surface area contributed by atoms with E-state index in [2.05, 4.69) is 64.5 Å². The van der Waals surface area contributed by atoms with Crippen LogP contribution in [0.4, 0.5) is 0 Å². The Morgan fingerprint density at radius 1 is 0.955 bits per heavy atom. The summed E-state index contributed by atoms with van der Waals surface area (Å²) in [6.07, 6.45) is 0. The lowest BCUT2D eigenvalue weighted by Gasteiger charge is -2.48. The Labute approximate surface area is 139 Å². The molecular formula is C19H19BrO2. The highest BCUT2D eigenvalue weighted by molar-refractivity contribution is 9.10. The number of fused-ring (bicyclic) bond motifs is 1. The van der Waals surface area contributed by atoms with E-state index in [0.717, 1.165) is 23.4 Å². The smallest absolute Gasteiger partial charge is 0.133 e. The molecule has 0 spiro atoms. The predicted molar refractivity (Wildman–Crippen MR) is 90.4 cm³/mol. The van der Waals surface area contributed by atoms with Crippen molar-refractivity contribution in [2.24, 2.45) is 11.8 Å². The van der Waals surface area contributed by atoms with Crippen LogP contribution in [-0.4, -0.2) is 20.3 Å². The quantitative estimate of drug-likeness (QED) is 0.797. The molecule has 1 saturated heterocycles. The highest BCUT2D eigenvalue weighted by atomic mass is 79.9. The van der Waals surface area contributed by atoms with E-state index in [9.17, 15) is 0 Å². The summed E-state index contributed by atoms with van der Waals surface area (Å²) < 4.78 is 12.2. The zero-order chi connectivity index (χ0) is 15.1. The molecule has 2 aromatic carbocycles. The Balaban J connectivity index is 1.71. The first kappa shape index (κ1) is 14.3. The fourth-order valence-electron chi connectivity index (χ4n) is 4.19. The van der Waals surface area contributed by atoms with Crippen molar-refractivity contribution in [3.63, 3.8) is 0 Å². The molecule has 1 heterocycles. The Hall–Kier alpha value is -1.32. The zero-order valence-corrected chi connectivity index (χ0v) is 14.1. The summed E-state index contributed by atoms with van der Waals surface area (Å²) in [6.45, 7) is 1.79. The van der Waals surface area contributed by atoms with E-state index in [1.165, 1.54) is 11.1 Å². The summed E-state index contributed by atoms with van der Waals surface area (Å²) in [6, 6.07) is 17.4. The SMILES string of the molecule is COc1ccc([C@@H]2[C@H]3COC[C@H]3[C@@H]2c2ccccc2)cc1Br. The van der Waals surface area contributed by atoms with Gasteiger partial charge in [0.2, 0.25) is 0 Å². The minimum atomic E-state index is 0.539. The van der Waals surface area contributed by atoms with E-state index >= 15 is 0 Å². The van der Waals surface area contributed by atoms with Crippen LogP contribution in [0.1, 0.15) is 23.0 Å². The molecule has 114 valence electrons. The van der Waals surface area contributed by atoms with Crippen LogP contribution in [0.15, 0.2) is 53.0 Å². The molecule has 2 nitrogen and oxygen atoms in total. The Kier molecular flexibility index (Phi) is 3.71. The van der Waals surface area contributed by atoms with Gasteiger partial charge < -0.3 is 9.47 Å². The number of rotatable bonds is 3. The molecule has 2 aromatic rings. The van der Waals surface area contributed by atoms with Gasteiger partial charge in [-0.3, -0.25) is 0 Å².